The van der Waals surface area contributed by atoms with Crippen LogP contribution in [0.3, 0.4) is 0 Å². The monoisotopic (exact) mass is 331 g/mol. The fraction of sp³-hybridized carbons (Fsp3) is 0.458. The summed E-state index contributed by atoms with van der Waals surface area (Å²) in [6.45, 7) is 2.25. The van der Waals surface area contributed by atoms with Gasteiger partial charge in [-0.1, -0.05) is 69.4 Å². The molecule has 0 radical (unpaired) electrons. The normalized spacial score (nSPS) is 15.0. The predicted molar refractivity (Wildman–Crippen MR) is 106 cm³/mol. The van der Waals surface area contributed by atoms with E-state index in [2.05, 4.69) is 49.4 Å². The van der Waals surface area contributed by atoms with Crippen LogP contribution < -0.4 is 0 Å². The molecule has 0 aliphatic heterocycles. The molecule has 2 aromatic carbocycles. The maximum atomic E-state index is 9.31. The van der Waals surface area contributed by atoms with Crippen LogP contribution in [0.5, 0.6) is 0 Å². The predicted octanol–water partition coefficient (Wildman–Crippen LogP) is 7.01. The lowest BCUT2D eigenvalue weighted by atomic mass is 9.80. The standard InChI is InChI=1S/C24H29N/c1-2-3-5-8-19-11-14-22(15-12-19)23-16-13-20(18-25)17-24(23)21-9-6-4-7-10-21/h11-17,21H,2-10H2,1H3. The number of hydrogen-bond acceptors (Lipinski definition) is 1. The van der Waals surface area contributed by atoms with E-state index in [1.54, 1.807) is 0 Å². The van der Waals surface area contributed by atoms with Gasteiger partial charge in [0.1, 0.15) is 0 Å². The second-order valence-electron chi connectivity index (χ2n) is 7.40. The van der Waals surface area contributed by atoms with E-state index in [-0.39, 0.29) is 0 Å². The van der Waals surface area contributed by atoms with Crippen LogP contribution >= 0.6 is 0 Å². The first-order chi connectivity index (χ1) is 12.3. The van der Waals surface area contributed by atoms with Crippen molar-refractivity contribution in [3.8, 4) is 17.2 Å². The van der Waals surface area contributed by atoms with Gasteiger partial charge in [0.25, 0.3) is 0 Å². The van der Waals surface area contributed by atoms with Crippen molar-refractivity contribution in [3.05, 3.63) is 59.2 Å². The Morgan fingerprint density at radius 3 is 2.40 bits per heavy atom. The van der Waals surface area contributed by atoms with Crippen LogP contribution in [-0.4, -0.2) is 0 Å². The highest BCUT2D eigenvalue weighted by molar-refractivity contribution is 5.69. The molecule has 0 atom stereocenters. The zero-order valence-corrected chi connectivity index (χ0v) is 15.4. The summed E-state index contributed by atoms with van der Waals surface area (Å²) in [5.41, 5.74) is 6.23. The number of unbranched alkanes of at least 4 members (excludes halogenated alkanes) is 2. The molecule has 1 saturated carbocycles. The van der Waals surface area contributed by atoms with Gasteiger partial charge in [0.2, 0.25) is 0 Å². The first-order valence-electron chi connectivity index (χ1n) is 9.95. The molecular formula is C24H29N. The molecule has 0 spiro atoms. The van der Waals surface area contributed by atoms with E-state index in [4.69, 9.17) is 0 Å². The summed E-state index contributed by atoms with van der Waals surface area (Å²) in [5.74, 6) is 0.612. The molecule has 1 aliphatic rings. The highest BCUT2D eigenvalue weighted by Gasteiger charge is 2.19. The lowest BCUT2D eigenvalue weighted by molar-refractivity contribution is 0.444. The molecule has 0 aromatic heterocycles. The summed E-state index contributed by atoms with van der Waals surface area (Å²) in [7, 11) is 0. The number of aryl methyl sites for hydroxylation is 1. The van der Waals surface area contributed by atoms with Crippen LogP contribution in [0.25, 0.3) is 11.1 Å². The molecule has 0 saturated heterocycles. The molecule has 1 nitrogen and oxygen atoms in total. The van der Waals surface area contributed by atoms with E-state index < -0.39 is 0 Å². The van der Waals surface area contributed by atoms with E-state index in [1.807, 2.05) is 6.07 Å². The Morgan fingerprint density at radius 1 is 0.960 bits per heavy atom. The van der Waals surface area contributed by atoms with Crippen molar-refractivity contribution in [2.75, 3.05) is 0 Å². The molecular weight excluding hydrogens is 302 g/mol. The SMILES string of the molecule is CCCCCc1ccc(-c2ccc(C#N)cc2C2CCCCC2)cc1. The maximum Gasteiger partial charge on any atom is 0.0991 e. The van der Waals surface area contributed by atoms with Crippen molar-refractivity contribution in [2.24, 2.45) is 0 Å². The van der Waals surface area contributed by atoms with Crippen LogP contribution in [0, 0.1) is 11.3 Å². The Balaban J connectivity index is 1.86. The fourth-order valence-corrected chi connectivity index (χ4v) is 4.08. The largest absolute Gasteiger partial charge is 0.192 e. The van der Waals surface area contributed by atoms with Crippen molar-refractivity contribution in [2.45, 2.75) is 70.6 Å². The van der Waals surface area contributed by atoms with Crippen molar-refractivity contribution in [1.82, 2.24) is 0 Å². The van der Waals surface area contributed by atoms with Crippen molar-refractivity contribution in [3.63, 3.8) is 0 Å². The molecule has 25 heavy (non-hydrogen) atoms. The Labute approximate surface area is 152 Å². The van der Waals surface area contributed by atoms with Crippen molar-refractivity contribution < 1.29 is 0 Å². The van der Waals surface area contributed by atoms with Crippen LogP contribution in [0.1, 0.15) is 80.9 Å². The number of hydrogen-bond donors (Lipinski definition) is 0. The maximum absolute atomic E-state index is 9.31. The summed E-state index contributed by atoms with van der Waals surface area (Å²) in [5, 5.41) is 9.31. The third-order valence-corrected chi connectivity index (χ3v) is 5.56. The summed E-state index contributed by atoms with van der Waals surface area (Å²) in [4.78, 5) is 0. The van der Waals surface area contributed by atoms with Crippen LogP contribution in [-0.2, 0) is 6.42 Å². The fourth-order valence-electron chi connectivity index (χ4n) is 4.08. The molecule has 0 unspecified atom stereocenters. The van der Waals surface area contributed by atoms with Gasteiger partial charge in [-0.25, -0.2) is 0 Å². The second kappa shape index (κ2) is 8.86. The van der Waals surface area contributed by atoms with Gasteiger partial charge in [-0.2, -0.15) is 5.26 Å². The van der Waals surface area contributed by atoms with Gasteiger partial charge in [-0.3, -0.25) is 0 Å². The van der Waals surface area contributed by atoms with Crippen molar-refractivity contribution in [1.29, 1.82) is 5.26 Å². The minimum absolute atomic E-state index is 0.612. The van der Waals surface area contributed by atoms with Gasteiger partial charge >= 0.3 is 0 Å². The Morgan fingerprint density at radius 2 is 1.72 bits per heavy atom. The molecule has 0 bridgehead atoms. The lowest BCUT2D eigenvalue weighted by Crippen LogP contribution is -2.06. The highest BCUT2D eigenvalue weighted by atomic mass is 14.3. The van der Waals surface area contributed by atoms with Crippen LogP contribution in [0.4, 0.5) is 0 Å². The zero-order valence-electron chi connectivity index (χ0n) is 15.4. The van der Waals surface area contributed by atoms with Gasteiger partial charge in [0.15, 0.2) is 0 Å². The minimum atomic E-state index is 0.612. The quantitative estimate of drug-likeness (QED) is 0.522. The minimum Gasteiger partial charge on any atom is -0.192 e. The Hall–Kier alpha value is -2.07. The zero-order chi connectivity index (χ0) is 17.5. The summed E-state index contributed by atoms with van der Waals surface area (Å²) >= 11 is 0. The van der Waals surface area contributed by atoms with Gasteiger partial charge in [0.05, 0.1) is 11.6 Å². The molecule has 1 aliphatic carbocycles. The molecule has 3 rings (SSSR count). The summed E-state index contributed by atoms with van der Waals surface area (Å²) < 4.78 is 0. The number of rotatable bonds is 6. The van der Waals surface area contributed by atoms with Gasteiger partial charge < -0.3 is 0 Å². The first kappa shape index (κ1) is 17.7. The molecule has 0 heterocycles. The van der Waals surface area contributed by atoms with Gasteiger partial charge in [-0.15, -0.1) is 0 Å². The molecule has 0 N–H and O–H groups in total. The van der Waals surface area contributed by atoms with Gasteiger partial charge in [0, 0.05) is 0 Å². The van der Waals surface area contributed by atoms with E-state index in [9.17, 15) is 5.26 Å². The van der Waals surface area contributed by atoms with E-state index in [1.165, 1.54) is 80.0 Å². The third kappa shape index (κ3) is 4.51. The smallest absolute Gasteiger partial charge is 0.0991 e. The van der Waals surface area contributed by atoms with Crippen LogP contribution in [0.2, 0.25) is 0 Å². The van der Waals surface area contributed by atoms with E-state index >= 15 is 0 Å². The van der Waals surface area contributed by atoms with Crippen molar-refractivity contribution >= 4 is 0 Å². The van der Waals surface area contributed by atoms with Crippen LogP contribution in [0.15, 0.2) is 42.5 Å². The molecule has 0 amide bonds. The van der Waals surface area contributed by atoms with E-state index in [0.717, 1.165) is 5.56 Å². The number of nitriles is 1. The lowest BCUT2D eigenvalue weighted by Gasteiger charge is -2.25. The number of benzene rings is 2. The van der Waals surface area contributed by atoms with Gasteiger partial charge in [-0.05, 0) is 66.0 Å². The molecule has 2 aromatic rings. The highest BCUT2D eigenvalue weighted by Crippen LogP contribution is 2.38. The summed E-state index contributed by atoms with van der Waals surface area (Å²) in [6, 6.07) is 17.7. The number of nitrogens with zero attached hydrogens (tertiary/aromatic N) is 1. The Kier molecular flexibility index (Phi) is 6.29. The first-order valence-corrected chi connectivity index (χ1v) is 9.95. The van der Waals surface area contributed by atoms with E-state index in [0.29, 0.717) is 5.92 Å². The second-order valence-corrected chi connectivity index (χ2v) is 7.40. The molecule has 130 valence electrons. The molecule has 1 heteroatoms. The third-order valence-electron chi connectivity index (χ3n) is 5.56. The topological polar surface area (TPSA) is 23.8 Å². The summed E-state index contributed by atoms with van der Waals surface area (Å²) in [6.07, 6.45) is 11.5. The average molecular weight is 332 g/mol. The average Bonchev–Trinajstić information content (AvgIpc) is 2.69. The Bertz CT molecular complexity index is 715. The molecule has 1 fully saturated rings.